The normalized spacial score (nSPS) is 22.8. The van der Waals surface area contributed by atoms with E-state index < -0.39 is 0 Å². The minimum atomic E-state index is -0.314. The zero-order valence-corrected chi connectivity index (χ0v) is 8.02. The van der Waals surface area contributed by atoms with Crippen LogP contribution in [0.2, 0.25) is 0 Å². The van der Waals surface area contributed by atoms with Gasteiger partial charge in [0.1, 0.15) is 5.83 Å². The minimum Gasteiger partial charge on any atom is -0.207 e. The number of halogens is 1. The summed E-state index contributed by atoms with van der Waals surface area (Å²) in [4.78, 5) is 0. The van der Waals surface area contributed by atoms with Crippen LogP contribution in [0.15, 0.2) is 48.4 Å². The lowest BCUT2D eigenvalue weighted by Gasteiger charge is -1.99. The van der Waals surface area contributed by atoms with E-state index in [0.29, 0.717) is 5.92 Å². The molecule has 0 N–H and O–H groups in total. The van der Waals surface area contributed by atoms with Crippen LogP contribution in [0.4, 0.5) is 4.39 Å². The van der Waals surface area contributed by atoms with Crippen LogP contribution in [0, 0.1) is 5.92 Å². The van der Waals surface area contributed by atoms with Crippen molar-refractivity contribution in [2.24, 2.45) is 5.92 Å². The third-order valence-electron chi connectivity index (χ3n) is 2.27. The fourth-order valence-corrected chi connectivity index (χ4v) is 1.48. The molecule has 0 aromatic carbocycles. The van der Waals surface area contributed by atoms with E-state index in [1.54, 1.807) is 0 Å². The molecule has 0 aromatic rings. The van der Waals surface area contributed by atoms with E-state index in [2.05, 4.69) is 26.2 Å². The van der Waals surface area contributed by atoms with E-state index in [0.717, 1.165) is 18.4 Å². The van der Waals surface area contributed by atoms with Crippen LogP contribution in [0.3, 0.4) is 0 Å². The van der Waals surface area contributed by atoms with Gasteiger partial charge in [-0.05, 0) is 42.1 Å². The zero-order chi connectivity index (χ0) is 9.84. The molecule has 1 unspecified atom stereocenters. The molecule has 1 rings (SSSR count). The fraction of sp³-hybridized carbons (Fsp3) is 0.333. The van der Waals surface area contributed by atoms with Crippen molar-refractivity contribution in [2.75, 3.05) is 0 Å². The molecular weight excluding hydrogens is 163 g/mol. The third-order valence-corrected chi connectivity index (χ3v) is 2.27. The van der Waals surface area contributed by atoms with Crippen molar-refractivity contribution < 1.29 is 4.39 Å². The van der Waals surface area contributed by atoms with Gasteiger partial charge in [0, 0.05) is 0 Å². The molecule has 13 heavy (non-hydrogen) atoms. The van der Waals surface area contributed by atoms with Crippen LogP contribution >= 0.6 is 0 Å². The quantitative estimate of drug-likeness (QED) is 0.574. The Balaban J connectivity index is 2.69. The van der Waals surface area contributed by atoms with E-state index in [4.69, 9.17) is 0 Å². The Kier molecular flexibility index (Phi) is 3.24. The maximum Gasteiger partial charge on any atom is 0.123 e. The highest BCUT2D eigenvalue weighted by atomic mass is 19.1. The highest BCUT2D eigenvalue weighted by Crippen LogP contribution is 2.29. The predicted molar refractivity (Wildman–Crippen MR) is 55.0 cm³/mol. The fourth-order valence-electron chi connectivity index (χ4n) is 1.48. The summed E-state index contributed by atoms with van der Waals surface area (Å²) < 4.78 is 12.8. The van der Waals surface area contributed by atoms with Crippen LogP contribution in [-0.4, -0.2) is 0 Å². The van der Waals surface area contributed by atoms with Gasteiger partial charge in [0.25, 0.3) is 0 Å². The molecule has 0 radical (unpaired) electrons. The van der Waals surface area contributed by atoms with E-state index in [1.807, 2.05) is 0 Å². The molecule has 0 saturated heterocycles. The monoisotopic (exact) mass is 178 g/mol. The molecule has 1 atom stereocenters. The summed E-state index contributed by atoms with van der Waals surface area (Å²) in [6.45, 7) is 9.34. The number of rotatable bonds is 3. The summed E-state index contributed by atoms with van der Waals surface area (Å²) in [5.74, 6) is 0.289. The van der Waals surface area contributed by atoms with Crippen molar-refractivity contribution in [3.05, 3.63) is 48.4 Å². The van der Waals surface area contributed by atoms with Gasteiger partial charge in [-0.25, -0.2) is 4.39 Å². The number of allylic oxidation sites excluding steroid dienone is 6. The van der Waals surface area contributed by atoms with E-state index in [1.165, 1.54) is 17.7 Å². The van der Waals surface area contributed by atoms with Gasteiger partial charge in [0.2, 0.25) is 0 Å². The zero-order valence-electron chi connectivity index (χ0n) is 8.02. The first kappa shape index (κ1) is 9.97. The third kappa shape index (κ3) is 2.69. The second-order valence-electron chi connectivity index (χ2n) is 3.47. The maximum absolute atomic E-state index is 12.8. The lowest BCUT2D eigenvalue weighted by atomic mass is 10.1. The van der Waals surface area contributed by atoms with E-state index >= 15 is 0 Å². The molecule has 1 aliphatic carbocycles. The molecule has 0 amide bonds. The molecule has 0 spiro atoms. The second kappa shape index (κ2) is 4.22. The van der Waals surface area contributed by atoms with Gasteiger partial charge >= 0.3 is 0 Å². The molecule has 0 aromatic heterocycles. The predicted octanol–water partition coefficient (Wildman–Crippen LogP) is 3.94. The van der Waals surface area contributed by atoms with Crippen molar-refractivity contribution in [3.8, 4) is 0 Å². The molecule has 0 nitrogen and oxygen atoms in total. The van der Waals surface area contributed by atoms with Crippen LogP contribution in [0.25, 0.3) is 0 Å². The Labute approximate surface area is 79.2 Å². The van der Waals surface area contributed by atoms with Crippen molar-refractivity contribution in [1.29, 1.82) is 0 Å². The van der Waals surface area contributed by atoms with Crippen LogP contribution in [0.1, 0.15) is 19.8 Å². The molecule has 0 saturated carbocycles. The van der Waals surface area contributed by atoms with Crippen LogP contribution in [-0.2, 0) is 0 Å². The summed E-state index contributed by atoms with van der Waals surface area (Å²) in [6, 6.07) is 0. The minimum absolute atomic E-state index is 0.314. The van der Waals surface area contributed by atoms with Gasteiger partial charge < -0.3 is 0 Å². The number of hydrogen-bond donors (Lipinski definition) is 0. The van der Waals surface area contributed by atoms with E-state index in [9.17, 15) is 4.39 Å². The first-order chi connectivity index (χ1) is 6.13. The highest BCUT2D eigenvalue weighted by Gasteiger charge is 2.12. The average molecular weight is 178 g/mol. The lowest BCUT2D eigenvalue weighted by Crippen LogP contribution is -1.80. The Morgan fingerprint density at radius 3 is 2.85 bits per heavy atom. The summed E-state index contributed by atoms with van der Waals surface area (Å²) in [7, 11) is 0. The van der Waals surface area contributed by atoms with Crippen molar-refractivity contribution in [2.45, 2.75) is 19.8 Å². The van der Waals surface area contributed by atoms with Gasteiger partial charge in [-0.2, -0.15) is 0 Å². The van der Waals surface area contributed by atoms with Gasteiger partial charge in [0.05, 0.1) is 0 Å². The topological polar surface area (TPSA) is 0 Å². The summed E-state index contributed by atoms with van der Waals surface area (Å²) in [6.07, 6.45) is 6.97. The molecule has 0 heterocycles. The largest absolute Gasteiger partial charge is 0.207 e. The van der Waals surface area contributed by atoms with Gasteiger partial charge in [-0.1, -0.05) is 26.2 Å². The highest BCUT2D eigenvalue weighted by molar-refractivity contribution is 5.41. The maximum atomic E-state index is 12.8. The van der Waals surface area contributed by atoms with Crippen molar-refractivity contribution in [3.63, 3.8) is 0 Å². The average Bonchev–Trinajstić information content (AvgIpc) is 2.51. The molecular formula is C12H15F. The Hall–Kier alpha value is -1.11. The smallest absolute Gasteiger partial charge is 0.123 e. The van der Waals surface area contributed by atoms with Crippen molar-refractivity contribution in [1.82, 2.24) is 0 Å². The number of hydrogen-bond acceptors (Lipinski definition) is 0. The van der Waals surface area contributed by atoms with Crippen LogP contribution < -0.4 is 0 Å². The molecule has 0 fully saturated rings. The molecule has 0 aliphatic heterocycles. The molecule has 1 heteroatoms. The Bertz CT molecular complexity index is 281. The lowest BCUT2D eigenvalue weighted by molar-refractivity contribution is 0.666. The van der Waals surface area contributed by atoms with Gasteiger partial charge in [-0.3, -0.25) is 0 Å². The molecule has 1 aliphatic rings. The first-order valence-electron chi connectivity index (χ1n) is 4.53. The summed E-state index contributed by atoms with van der Waals surface area (Å²) in [5.41, 5.74) is 1.95. The van der Waals surface area contributed by atoms with Crippen molar-refractivity contribution >= 4 is 0 Å². The SMILES string of the molecule is C=C/C(F)=C\C(=C)C1=CC(C)CC1. The van der Waals surface area contributed by atoms with Crippen LogP contribution in [0.5, 0.6) is 0 Å². The Morgan fingerprint density at radius 2 is 2.38 bits per heavy atom. The second-order valence-corrected chi connectivity index (χ2v) is 3.47. The standard InChI is InChI=1S/C12H15F/c1-4-12(13)8-10(3)11-6-5-9(2)7-11/h4,7-9H,1,3,5-6H2,2H3/b12-8+. The summed E-state index contributed by atoms with van der Waals surface area (Å²) >= 11 is 0. The Morgan fingerprint density at radius 1 is 1.69 bits per heavy atom. The molecule has 0 bridgehead atoms. The summed E-state index contributed by atoms with van der Waals surface area (Å²) in [5, 5.41) is 0. The van der Waals surface area contributed by atoms with Gasteiger partial charge in [0.15, 0.2) is 0 Å². The molecule has 70 valence electrons. The van der Waals surface area contributed by atoms with E-state index in [-0.39, 0.29) is 5.83 Å². The van der Waals surface area contributed by atoms with Gasteiger partial charge in [-0.15, -0.1) is 0 Å². The first-order valence-corrected chi connectivity index (χ1v) is 4.53.